The van der Waals surface area contributed by atoms with E-state index in [4.69, 9.17) is 14.7 Å². The number of halogens is 1. The van der Waals surface area contributed by atoms with Crippen molar-refractivity contribution >= 4 is 35.8 Å². The molecular formula is C22H36IN5O. The fourth-order valence-corrected chi connectivity index (χ4v) is 4.61. The number of rotatable bonds is 4. The second-order valence-electron chi connectivity index (χ2n) is 8.84. The largest absolute Gasteiger partial charge is 0.381 e. The first-order valence-electron chi connectivity index (χ1n) is 11.0. The van der Waals surface area contributed by atoms with Gasteiger partial charge in [0.05, 0.1) is 13.2 Å². The molecule has 3 saturated heterocycles. The van der Waals surface area contributed by atoms with Gasteiger partial charge in [0, 0.05) is 50.9 Å². The van der Waals surface area contributed by atoms with Crippen LogP contribution in [0.4, 0.5) is 5.82 Å². The Balaban J connectivity index is 0.00000240. The molecule has 4 rings (SSSR count). The van der Waals surface area contributed by atoms with E-state index in [1.165, 1.54) is 31.2 Å². The summed E-state index contributed by atoms with van der Waals surface area (Å²) >= 11 is 0. The number of guanidine groups is 1. The summed E-state index contributed by atoms with van der Waals surface area (Å²) in [4.78, 5) is 14.4. The quantitative estimate of drug-likeness (QED) is 0.380. The van der Waals surface area contributed by atoms with E-state index in [-0.39, 0.29) is 24.0 Å². The van der Waals surface area contributed by atoms with E-state index in [1.807, 2.05) is 6.20 Å². The van der Waals surface area contributed by atoms with Gasteiger partial charge in [0.25, 0.3) is 0 Å². The zero-order chi connectivity index (χ0) is 19.4. The second kappa shape index (κ2) is 10.3. The van der Waals surface area contributed by atoms with E-state index < -0.39 is 0 Å². The molecule has 3 fully saturated rings. The molecule has 1 atom stereocenters. The number of likely N-dealkylation sites (tertiary alicyclic amines) is 1. The molecule has 7 heteroatoms. The first-order chi connectivity index (χ1) is 13.7. The molecule has 0 amide bonds. The molecule has 0 radical (unpaired) electrons. The van der Waals surface area contributed by atoms with Crippen LogP contribution in [0.1, 0.15) is 45.1 Å². The maximum Gasteiger partial charge on any atom is 0.194 e. The van der Waals surface area contributed by atoms with Gasteiger partial charge >= 0.3 is 0 Å². The third-order valence-corrected chi connectivity index (χ3v) is 6.59. The number of anilines is 1. The number of ether oxygens (including phenoxy) is 1. The molecule has 1 N–H and O–H groups in total. The Bertz CT molecular complexity index is 666. The molecule has 6 nitrogen and oxygen atoms in total. The highest BCUT2D eigenvalue weighted by atomic mass is 127. The Kier molecular flexibility index (Phi) is 8.01. The van der Waals surface area contributed by atoms with Gasteiger partial charge in [-0.15, -0.1) is 24.0 Å². The molecule has 29 heavy (non-hydrogen) atoms. The number of nitrogens with one attached hydrogen (secondary N) is 1. The number of aromatic nitrogens is 1. The van der Waals surface area contributed by atoms with Crippen LogP contribution < -0.4 is 10.2 Å². The maximum atomic E-state index is 5.67. The molecule has 1 unspecified atom stereocenters. The molecular weight excluding hydrogens is 477 g/mol. The van der Waals surface area contributed by atoms with Crippen LogP contribution in [-0.4, -0.2) is 61.8 Å². The van der Waals surface area contributed by atoms with Crippen LogP contribution in [0.15, 0.2) is 23.3 Å². The van der Waals surface area contributed by atoms with Gasteiger partial charge in [0.15, 0.2) is 5.96 Å². The van der Waals surface area contributed by atoms with Gasteiger partial charge in [-0.1, -0.05) is 13.0 Å². The Morgan fingerprint density at radius 1 is 1.28 bits per heavy atom. The number of piperidine rings is 1. The van der Waals surface area contributed by atoms with Crippen molar-refractivity contribution in [3.05, 3.63) is 23.9 Å². The first kappa shape index (κ1) is 22.6. The van der Waals surface area contributed by atoms with Crippen molar-refractivity contribution in [1.82, 2.24) is 15.2 Å². The molecule has 162 valence electrons. The summed E-state index contributed by atoms with van der Waals surface area (Å²) in [5.74, 6) is 2.98. The van der Waals surface area contributed by atoms with Crippen molar-refractivity contribution in [2.75, 3.05) is 50.8 Å². The van der Waals surface area contributed by atoms with Crippen LogP contribution in [0.5, 0.6) is 0 Å². The predicted octanol–water partition coefficient (Wildman–Crippen LogP) is 3.51. The Morgan fingerprint density at radius 2 is 2.10 bits per heavy atom. The van der Waals surface area contributed by atoms with Crippen LogP contribution in [0.3, 0.4) is 0 Å². The van der Waals surface area contributed by atoms with Crippen molar-refractivity contribution in [1.29, 1.82) is 0 Å². The maximum absolute atomic E-state index is 5.67. The Labute approximate surface area is 192 Å². The third kappa shape index (κ3) is 5.54. The normalized spacial score (nSPS) is 25.5. The van der Waals surface area contributed by atoms with Gasteiger partial charge in [-0.05, 0) is 50.2 Å². The Hall–Kier alpha value is -1.09. The zero-order valence-electron chi connectivity index (χ0n) is 17.9. The molecule has 4 heterocycles. The molecule has 3 aliphatic heterocycles. The lowest BCUT2D eigenvalue weighted by Crippen LogP contribution is -2.41. The minimum Gasteiger partial charge on any atom is -0.381 e. The van der Waals surface area contributed by atoms with Crippen LogP contribution in [0.2, 0.25) is 0 Å². The van der Waals surface area contributed by atoms with Crippen molar-refractivity contribution in [2.24, 2.45) is 16.3 Å². The van der Waals surface area contributed by atoms with E-state index in [0.717, 1.165) is 63.6 Å². The first-order valence-corrected chi connectivity index (χ1v) is 11.0. The Morgan fingerprint density at radius 3 is 2.76 bits per heavy atom. The molecule has 1 aromatic rings. The smallest absolute Gasteiger partial charge is 0.194 e. The van der Waals surface area contributed by atoms with Gasteiger partial charge in [0.1, 0.15) is 5.82 Å². The average molecular weight is 513 g/mol. The summed E-state index contributed by atoms with van der Waals surface area (Å²) in [6.45, 7) is 12.2. The topological polar surface area (TPSA) is 53.0 Å². The number of aliphatic imine (C=N–C) groups is 1. The van der Waals surface area contributed by atoms with Crippen LogP contribution in [0.25, 0.3) is 0 Å². The van der Waals surface area contributed by atoms with E-state index in [1.54, 1.807) is 0 Å². The summed E-state index contributed by atoms with van der Waals surface area (Å²) in [7, 11) is 0. The lowest BCUT2D eigenvalue weighted by molar-refractivity contribution is 0.156. The van der Waals surface area contributed by atoms with E-state index in [2.05, 4.69) is 41.1 Å². The summed E-state index contributed by atoms with van der Waals surface area (Å²) in [6, 6.07) is 4.35. The molecule has 1 aromatic heterocycles. The standard InChI is InChI=1S/C22H35N5O.HI/c1-3-23-21(27-12-8-22(16-27)9-13-28-17-22)25-15-19-4-5-20(24-14-19)26-10-6-18(2)7-11-26;/h4-5,14,18H,3,6-13,15-17H2,1-2H3,(H,23,25);1H. The minimum atomic E-state index is 0. The highest BCUT2D eigenvalue weighted by molar-refractivity contribution is 14.0. The number of hydrogen-bond donors (Lipinski definition) is 1. The van der Waals surface area contributed by atoms with Crippen LogP contribution >= 0.6 is 24.0 Å². The van der Waals surface area contributed by atoms with E-state index in [0.29, 0.717) is 12.0 Å². The number of hydrogen-bond acceptors (Lipinski definition) is 4. The summed E-state index contributed by atoms with van der Waals surface area (Å²) in [6.07, 6.45) is 6.92. The SMILES string of the molecule is CCNC(=NCc1ccc(N2CCC(C)CC2)nc1)N1CCC2(CCOC2)C1.I. The van der Waals surface area contributed by atoms with Gasteiger partial charge in [-0.2, -0.15) is 0 Å². The molecule has 0 saturated carbocycles. The van der Waals surface area contributed by atoms with Crippen LogP contribution in [-0.2, 0) is 11.3 Å². The molecule has 1 spiro atoms. The van der Waals surface area contributed by atoms with Crippen LogP contribution in [0, 0.1) is 11.3 Å². The summed E-state index contributed by atoms with van der Waals surface area (Å²) in [5, 5.41) is 3.47. The molecule has 3 aliphatic rings. The minimum absolute atomic E-state index is 0. The molecule has 0 aromatic carbocycles. The highest BCUT2D eigenvalue weighted by Crippen LogP contribution is 2.38. The lowest BCUT2D eigenvalue weighted by atomic mass is 9.87. The fourth-order valence-electron chi connectivity index (χ4n) is 4.61. The van der Waals surface area contributed by atoms with Crippen molar-refractivity contribution < 1.29 is 4.74 Å². The summed E-state index contributed by atoms with van der Waals surface area (Å²) in [5.41, 5.74) is 1.52. The van der Waals surface area contributed by atoms with Crippen molar-refractivity contribution in [3.8, 4) is 0 Å². The van der Waals surface area contributed by atoms with Gasteiger partial charge < -0.3 is 19.9 Å². The van der Waals surface area contributed by atoms with Gasteiger partial charge in [-0.3, -0.25) is 0 Å². The van der Waals surface area contributed by atoms with Gasteiger partial charge in [0.2, 0.25) is 0 Å². The lowest BCUT2D eigenvalue weighted by Gasteiger charge is -2.31. The number of nitrogens with zero attached hydrogens (tertiary/aromatic N) is 4. The molecule has 0 bridgehead atoms. The van der Waals surface area contributed by atoms with Gasteiger partial charge in [-0.25, -0.2) is 9.98 Å². The highest BCUT2D eigenvalue weighted by Gasteiger charge is 2.42. The monoisotopic (exact) mass is 513 g/mol. The zero-order valence-corrected chi connectivity index (χ0v) is 20.2. The van der Waals surface area contributed by atoms with E-state index in [9.17, 15) is 0 Å². The van der Waals surface area contributed by atoms with Crippen molar-refractivity contribution in [3.63, 3.8) is 0 Å². The average Bonchev–Trinajstić information content (AvgIpc) is 3.36. The summed E-state index contributed by atoms with van der Waals surface area (Å²) < 4.78 is 5.67. The van der Waals surface area contributed by atoms with E-state index >= 15 is 0 Å². The third-order valence-electron chi connectivity index (χ3n) is 6.59. The molecule has 0 aliphatic carbocycles. The fraction of sp³-hybridized carbons (Fsp3) is 0.727. The second-order valence-corrected chi connectivity index (χ2v) is 8.84. The predicted molar refractivity (Wildman–Crippen MR) is 129 cm³/mol. The van der Waals surface area contributed by atoms with Crippen molar-refractivity contribution in [2.45, 2.75) is 46.1 Å². The number of pyridine rings is 1.